The first-order valence-electron chi connectivity index (χ1n) is 19.7. The molecule has 0 N–H and O–H groups in total. The van der Waals surface area contributed by atoms with Crippen LogP contribution in [0.1, 0.15) is 27.8 Å². The van der Waals surface area contributed by atoms with Crippen molar-refractivity contribution >= 4 is 33.6 Å². The maximum Gasteiger partial charge on any atom is 0.164 e. The molecule has 1 aliphatic heterocycles. The fourth-order valence-corrected chi connectivity index (χ4v) is 10.8. The molecule has 0 unspecified atom stereocenters. The maximum atomic E-state index is 11.0. The van der Waals surface area contributed by atoms with Crippen LogP contribution in [0.3, 0.4) is 0 Å². The van der Waals surface area contributed by atoms with Crippen molar-refractivity contribution in [2.45, 2.75) is 15.2 Å². The second-order valence-electron chi connectivity index (χ2n) is 15.0. The molecule has 0 bridgehead atoms. The van der Waals surface area contributed by atoms with Crippen LogP contribution in [0.15, 0.2) is 198 Å². The summed E-state index contributed by atoms with van der Waals surface area (Å²) >= 11 is 1.85. The van der Waals surface area contributed by atoms with Gasteiger partial charge in [-0.1, -0.05) is 157 Å². The van der Waals surface area contributed by atoms with Crippen LogP contribution in [0.4, 0.5) is 0 Å². The molecule has 5 nitrogen and oxygen atoms in total. The number of fused-ring (bicyclic) bond motifs is 13. The summed E-state index contributed by atoms with van der Waals surface area (Å²) in [5.74, 6) is 1.66. The third-order valence-corrected chi connectivity index (χ3v) is 13.1. The van der Waals surface area contributed by atoms with E-state index in [1.165, 1.54) is 48.6 Å². The Kier molecular flexibility index (Phi) is 7.37. The summed E-state index contributed by atoms with van der Waals surface area (Å²) in [5.41, 5.74) is 13.0. The zero-order valence-electron chi connectivity index (χ0n) is 31.5. The molecular formula is C53H31N5S. The van der Waals surface area contributed by atoms with Gasteiger partial charge in [-0.3, -0.25) is 0 Å². The summed E-state index contributed by atoms with van der Waals surface area (Å²) in [6.45, 7) is 0. The van der Waals surface area contributed by atoms with Crippen LogP contribution in [0.25, 0.3) is 72.8 Å². The molecule has 12 rings (SSSR count). The maximum absolute atomic E-state index is 11.0. The lowest BCUT2D eigenvalue weighted by Gasteiger charge is -2.40. The van der Waals surface area contributed by atoms with Crippen LogP contribution >= 0.6 is 11.8 Å². The topological polar surface area (TPSA) is 67.4 Å². The Morgan fingerprint density at radius 1 is 0.475 bits per heavy atom. The molecular weight excluding hydrogens is 739 g/mol. The highest BCUT2D eigenvalue weighted by Crippen LogP contribution is 2.64. The Bertz CT molecular complexity index is 3280. The number of benzene rings is 8. The molecule has 0 atom stereocenters. The molecule has 0 amide bonds. The number of hydrogen-bond acceptors (Lipinski definition) is 5. The molecule has 10 aromatic rings. The van der Waals surface area contributed by atoms with Gasteiger partial charge in [0, 0.05) is 37.3 Å². The predicted octanol–water partition coefficient (Wildman–Crippen LogP) is 12.7. The highest BCUT2D eigenvalue weighted by molar-refractivity contribution is 7.99. The predicted molar refractivity (Wildman–Crippen MR) is 237 cm³/mol. The van der Waals surface area contributed by atoms with Crippen molar-refractivity contribution in [2.75, 3.05) is 0 Å². The van der Waals surface area contributed by atoms with Gasteiger partial charge in [0.05, 0.1) is 27.7 Å². The third-order valence-electron chi connectivity index (χ3n) is 12.0. The Balaban J connectivity index is 1.12. The fourth-order valence-electron chi connectivity index (χ4n) is 9.56. The number of hydrogen-bond donors (Lipinski definition) is 0. The molecule has 0 fully saturated rings. The summed E-state index contributed by atoms with van der Waals surface area (Å²) in [4.78, 5) is 17.4. The highest BCUT2D eigenvalue weighted by Gasteiger charge is 2.51. The van der Waals surface area contributed by atoms with Crippen LogP contribution in [-0.4, -0.2) is 19.5 Å². The van der Waals surface area contributed by atoms with E-state index < -0.39 is 5.41 Å². The lowest BCUT2D eigenvalue weighted by atomic mass is 9.66. The smallest absolute Gasteiger partial charge is 0.164 e. The first-order chi connectivity index (χ1) is 29.2. The summed E-state index contributed by atoms with van der Waals surface area (Å²) in [6, 6.07) is 68.4. The number of para-hydroxylation sites is 1. The van der Waals surface area contributed by atoms with Crippen LogP contribution in [0, 0.1) is 11.3 Å². The standard InChI is InChI=1S/C53H31N5S/c54-32-36-31-35(52-56-50(33-15-3-1-4-16-33)55-51(57-52)34-17-5-2-6-18-34)27-29-43(36)58-44-24-12-8-20-39(44)48-45(58)30-28-38-37-19-7-9-21-40(37)53(49(38)48)41-22-10-13-25-46(41)59-47-26-14-11-23-42(47)53/h1-31H. The minimum Gasteiger partial charge on any atom is -0.308 e. The Labute approximate surface area is 345 Å². The van der Waals surface area contributed by atoms with Gasteiger partial charge in [-0.05, 0) is 75.8 Å². The van der Waals surface area contributed by atoms with Crippen molar-refractivity contribution in [3.63, 3.8) is 0 Å². The Morgan fingerprint density at radius 2 is 1.03 bits per heavy atom. The van der Waals surface area contributed by atoms with Crippen molar-refractivity contribution in [1.29, 1.82) is 5.26 Å². The zero-order chi connectivity index (χ0) is 39.1. The SMILES string of the molecule is N#Cc1cc(-c2nc(-c3ccccc3)nc(-c3ccccc3)n2)ccc1-n1c2ccccc2c2c3c(ccc21)-c1ccccc1C31c2ccccc2Sc2ccccc21. The average Bonchev–Trinajstić information content (AvgIpc) is 3.80. The van der Waals surface area contributed by atoms with Crippen molar-refractivity contribution < 1.29 is 0 Å². The van der Waals surface area contributed by atoms with Gasteiger partial charge in [0.15, 0.2) is 17.5 Å². The van der Waals surface area contributed by atoms with E-state index in [2.05, 4.69) is 120 Å². The first-order valence-corrected chi connectivity index (χ1v) is 20.5. The second kappa shape index (κ2) is 13.0. The van der Waals surface area contributed by atoms with Crippen molar-refractivity contribution in [3.05, 3.63) is 216 Å². The Morgan fingerprint density at radius 3 is 1.69 bits per heavy atom. The molecule has 0 radical (unpaired) electrons. The summed E-state index contributed by atoms with van der Waals surface area (Å²) in [6.07, 6.45) is 0. The molecule has 2 aliphatic rings. The molecule has 6 heteroatoms. The third kappa shape index (κ3) is 4.83. The van der Waals surface area contributed by atoms with Gasteiger partial charge in [-0.25, -0.2) is 15.0 Å². The molecule has 8 aromatic carbocycles. The van der Waals surface area contributed by atoms with E-state index in [4.69, 9.17) is 15.0 Å². The van der Waals surface area contributed by atoms with Gasteiger partial charge >= 0.3 is 0 Å². The van der Waals surface area contributed by atoms with E-state index in [1.54, 1.807) is 0 Å². The van der Waals surface area contributed by atoms with Crippen LogP contribution in [-0.2, 0) is 5.41 Å². The minimum absolute atomic E-state index is 0.507. The lowest BCUT2D eigenvalue weighted by molar-refractivity contribution is 0.728. The monoisotopic (exact) mass is 769 g/mol. The van der Waals surface area contributed by atoms with E-state index >= 15 is 0 Å². The van der Waals surface area contributed by atoms with E-state index in [1.807, 2.05) is 90.6 Å². The number of rotatable bonds is 4. The number of nitriles is 1. The van der Waals surface area contributed by atoms with Gasteiger partial charge in [-0.2, -0.15) is 5.26 Å². The molecule has 59 heavy (non-hydrogen) atoms. The fraction of sp³-hybridized carbons (Fsp3) is 0.0189. The largest absolute Gasteiger partial charge is 0.308 e. The number of aromatic nitrogens is 4. The average molecular weight is 770 g/mol. The van der Waals surface area contributed by atoms with Gasteiger partial charge in [0.2, 0.25) is 0 Å². The molecule has 1 spiro atoms. The molecule has 0 saturated heterocycles. The van der Waals surface area contributed by atoms with E-state index in [9.17, 15) is 5.26 Å². The highest BCUT2D eigenvalue weighted by atomic mass is 32.2. The van der Waals surface area contributed by atoms with Gasteiger partial charge in [0.25, 0.3) is 0 Å². The van der Waals surface area contributed by atoms with E-state index in [-0.39, 0.29) is 0 Å². The molecule has 274 valence electrons. The normalized spacial score (nSPS) is 13.1. The van der Waals surface area contributed by atoms with Crippen LogP contribution in [0.5, 0.6) is 0 Å². The zero-order valence-corrected chi connectivity index (χ0v) is 32.4. The van der Waals surface area contributed by atoms with Crippen molar-refractivity contribution in [2.24, 2.45) is 0 Å². The second-order valence-corrected chi connectivity index (χ2v) is 16.1. The minimum atomic E-state index is -0.549. The van der Waals surface area contributed by atoms with Crippen LogP contribution in [0.2, 0.25) is 0 Å². The lowest BCUT2D eigenvalue weighted by Crippen LogP contribution is -2.32. The van der Waals surface area contributed by atoms with E-state index in [0.717, 1.165) is 38.8 Å². The number of nitrogens with zero attached hydrogens (tertiary/aromatic N) is 5. The molecule has 3 heterocycles. The van der Waals surface area contributed by atoms with Gasteiger partial charge in [0.1, 0.15) is 6.07 Å². The van der Waals surface area contributed by atoms with Gasteiger partial charge in [-0.15, -0.1) is 0 Å². The summed E-state index contributed by atoms with van der Waals surface area (Å²) in [5, 5.41) is 13.3. The molecule has 1 aliphatic carbocycles. The van der Waals surface area contributed by atoms with Gasteiger partial charge < -0.3 is 4.57 Å². The van der Waals surface area contributed by atoms with Crippen LogP contribution < -0.4 is 0 Å². The molecule has 0 saturated carbocycles. The first kappa shape index (κ1) is 33.5. The van der Waals surface area contributed by atoms with Crippen molar-refractivity contribution in [3.8, 4) is 57.0 Å². The molecule has 2 aromatic heterocycles. The van der Waals surface area contributed by atoms with E-state index in [0.29, 0.717) is 23.0 Å². The summed E-state index contributed by atoms with van der Waals surface area (Å²) < 4.78 is 2.28. The Hall–Kier alpha value is -7.59. The van der Waals surface area contributed by atoms with Crippen molar-refractivity contribution in [1.82, 2.24) is 19.5 Å². The summed E-state index contributed by atoms with van der Waals surface area (Å²) in [7, 11) is 0. The quantitative estimate of drug-likeness (QED) is 0.178.